The Kier molecular flexibility index (Phi) is 7.02. The van der Waals surface area contributed by atoms with Gasteiger partial charge < -0.3 is 19.7 Å². The minimum absolute atomic E-state index is 0.0726. The van der Waals surface area contributed by atoms with Gasteiger partial charge in [-0.25, -0.2) is 4.98 Å². The van der Waals surface area contributed by atoms with Crippen LogP contribution < -0.4 is 20.3 Å². The van der Waals surface area contributed by atoms with E-state index in [9.17, 15) is 18.0 Å². The molecular formula is C19H19F3N8O3S. The van der Waals surface area contributed by atoms with Crippen molar-refractivity contribution in [3.05, 3.63) is 42.2 Å². The van der Waals surface area contributed by atoms with Crippen molar-refractivity contribution in [2.24, 2.45) is 0 Å². The molecule has 34 heavy (non-hydrogen) atoms. The molecule has 11 nitrogen and oxygen atoms in total. The Labute approximate surface area is 195 Å². The number of hydrogen-bond donors (Lipinski definition) is 2. The Morgan fingerprint density at radius 3 is 2.79 bits per heavy atom. The number of aromatic nitrogens is 5. The number of benzene rings is 1. The lowest BCUT2D eigenvalue weighted by Crippen LogP contribution is -2.27. The number of nitrogens with one attached hydrogen (secondary N) is 2. The van der Waals surface area contributed by atoms with Gasteiger partial charge in [-0.05, 0) is 24.1 Å². The number of amides is 1. The van der Waals surface area contributed by atoms with Crippen molar-refractivity contribution in [3.63, 3.8) is 0 Å². The van der Waals surface area contributed by atoms with Gasteiger partial charge in [0.05, 0.1) is 12.4 Å². The highest BCUT2D eigenvalue weighted by atomic mass is 32.1. The Morgan fingerprint density at radius 1 is 1.24 bits per heavy atom. The number of nitrogens with zero attached hydrogens (tertiary/aromatic N) is 6. The molecule has 180 valence electrons. The van der Waals surface area contributed by atoms with E-state index >= 15 is 0 Å². The van der Waals surface area contributed by atoms with Gasteiger partial charge in [0.2, 0.25) is 16.2 Å². The van der Waals surface area contributed by atoms with Crippen molar-refractivity contribution in [3.8, 4) is 5.75 Å². The van der Waals surface area contributed by atoms with E-state index in [0.717, 1.165) is 36.4 Å². The number of carbonyl (C=O) groups excluding carboxylic acids is 1. The number of ether oxygens (including phenoxy) is 2. The maximum atomic E-state index is 12.7. The summed E-state index contributed by atoms with van der Waals surface area (Å²) < 4.78 is 46.6. The topological polar surface area (TPSA) is 127 Å². The lowest BCUT2D eigenvalue weighted by Gasteiger charge is -2.16. The first-order valence-corrected chi connectivity index (χ1v) is 10.8. The van der Waals surface area contributed by atoms with Crippen LogP contribution in [0, 0.1) is 0 Å². The first-order chi connectivity index (χ1) is 16.3. The van der Waals surface area contributed by atoms with E-state index in [1.54, 1.807) is 6.20 Å². The average Bonchev–Trinajstić information content (AvgIpc) is 3.44. The van der Waals surface area contributed by atoms with Crippen molar-refractivity contribution in [2.45, 2.75) is 24.9 Å². The summed E-state index contributed by atoms with van der Waals surface area (Å²) in [5.74, 6) is -0.521. The molecule has 15 heteroatoms. The van der Waals surface area contributed by atoms with E-state index in [0.29, 0.717) is 17.6 Å². The van der Waals surface area contributed by atoms with Gasteiger partial charge in [-0.2, -0.15) is 5.10 Å². The molecule has 0 bridgehead atoms. The van der Waals surface area contributed by atoms with Crippen LogP contribution in [0.15, 0.2) is 36.7 Å². The summed E-state index contributed by atoms with van der Waals surface area (Å²) in [4.78, 5) is 18.9. The smallest absolute Gasteiger partial charge is 0.406 e. The number of alkyl halides is 3. The number of rotatable bonds is 8. The minimum atomic E-state index is -4.85. The second-order valence-corrected chi connectivity index (χ2v) is 8.13. The molecule has 0 saturated carbocycles. The zero-order chi connectivity index (χ0) is 24.1. The third kappa shape index (κ3) is 6.05. The van der Waals surface area contributed by atoms with Gasteiger partial charge in [0.25, 0.3) is 5.91 Å². The summed E-state index contributed by atoms with van der Waals surface area (Å²) in [7, 11) is 1.27. The van der Waals surface area contributed by atoms with Crippen LogP contribution >= 0.6 is 11.3 Å². The Hall–Kier alpha value is -3.59. The monoisotopic (exact) mass is 496 g/mol. The SMILES string of the molecule is CO[C@H](C(=O)Nc1nnc(NC2CCN(c3nccnn3)C2)s1)c1cccc(OC(F)(F)F)c1. The molecule has 1 amide bonds. The molecule has 4 rings (SSSR count). The number of halogens is 3. The van der Waals surface area contributed by atoms with Crippen LogP contribution in [-0.2, 0) is 9.53 Å². The lowest BCUT2D eigenvalue weighted by molar-refractivity contribution is -0.274. The first-order valence-electron chi connectivity index (χ1n) is 9.99. The predicted molar refractivity (Wildman–Crippen MR) is 115 cm³/mol. The molecule has 1 aromatic carbocycles. The Bertz CT molecular complexity index is 1120. The van der Waals surface area contributed by atoms with Crippen LogP contribution in [0.25, 0.3) is 0 Å². The number of hydrogen-bond acceptors (Lipinski definition) is 11. The van der Waals surface area contributed by atoms with Crippen molar-refractivity contribution in [1.82, 2.24) is 25.4 Å². The fourth-order valence-corrected chi connectivity index (χ4v) is 4.12. The van der Waals surface area contributed by atoms with Crippen molar-refractivity contribution in [1.29, 1.82) is 0 Å². The highest BCUT2D eigenvalue weighted by Crippen LogP contribution is 2.29. The molecule has 3 aromatic rings. The molecule has 0 spiro atoms. The van der Waals surface area contributed by atoms with Crippen LogP contribution in [-0.4, -0.2) is 63.9 Å². The van der Waals surface area contributed by atoms with Gasteiger partial charge in [0.15, 0.2) is 6.10 Å². The maximum absolute atomic E-state index is 12.7. The highest BCUT2D eigenvalue weighted by Gasteiger charge is 2.32. The van der Waals surface area contributed by atoms with E-state index < -0.39 is 24.1 Å². The third-order valence-corrected chi connectivity index (χ3v) is 5.56. The van der Waals surface area contributed by atoms with Crippen molar-refractivity contribution in [2.75, 3.05) is 35.7 Å². The molecule has 0 radical (unpaired) electrons. The number of methoxy groups -OCH3 is 1. The normalized spacial score (nSPS) is 16.8. The van der Waals surface area contributed by atoms with Gasteiger partial charge >= 0.3 is 6.36 Å². The van der Waals surface area contributed by atoms with E-state index in [4.69, 9.17) is 4.74 Å². The molecule has 2 N–H and O–H groups in total. The molecule has 1 saturated heterocycles. The summed E-state index contributed by atoms with van der Waals surface area (Å²) in [6.07, 6.45) is -2.12. The first kappa shape index (κ1) is 23.6. The highest BCUT2D eigenvalue weighted by molar-refractivity contribution is 7.19. The standard InChI is InChI=1S/C19H19F3N8O3S/c1-32-14(11-3-2-4-13(9-11)33-19(20,21)22)15(31)26-18-29-28-17(34-18)25-12-5-8-30(10-12)16-23-6-7-24-27-16/h2-4,6-7,9,12,14H,5,8,10H2,1H3,(H,25,28)(H,26,29,31)/t12?,14-/m0/s1. The molecular weight excluding hydrogens is 477 g/mol. The van der Waals surface area contributed by atoms with Crippen molar-refractivity contribution < 1.29 is 27.4 Å². The molecule has 1 aliphatic rings. The lowest BCUT2D eigenvalue weighted by atomic mass is 10.1. The van der Waals surface area contributed by atoms with Crippen LogP contribution in [0.2, 0.25) is 0 Å². The number of anilines is 3. The van der Waals surface area contributed by atoms with E-state index in [2.05, 4.69) is 40.7 Å². The second-order valence-electron chi connectivity index (χ2n) is 7.16. The summed E-state index contributed by atoms with van der Waals surface area (Å²) in [5, 5.41) is 22.4. The Balaban J connectivity index is 1.35. The third-order valence-electron chi connectivity index (χ3n) is 4.79. The van der Waals surface area contributed by atoms with Crippen LogP contribution in [0.3, 0.4) is 0 Å². The molecule has 0 aliphatic carbocycles. The molecule has 3 heterocycles. The van der Waals surface area contributed by atoms with Crippen LogP contribution in [0.5, 0.6) is 5.75 Å². The zero-order valence-electron chi connectivity index (χ0n) is 17.7. The van der Waals surface area contributed by atoms with Gasteiger partial charge in [-0.1, -0.05) is 23.5 Å². The molecule has 1 unspecified atom stereocenters. The Morgan fingerprint density at radius 2 is 2.06 bits per heavy atom. The minimum Gasteiger partial charge on any atom is -0.406 e. The van der Waals surface area contributed by atoms with Gasteiger partial charge in [0.1, 0.15) is 5.75 Å². The van der Waals surface area contributed by atoms with Gasteiger partial charge in [-0.15, -0.1) is 28.5 Å². The van der Waals surface area contributed by atoms with Crippen molar-refractivity contribution >= 4 is 33.5 Å². The number of carbonyl (C=O) groups is 1. The molecule has 1 fully saturated rings. The summed E-state index contributed by atoms with van der Waals surface area (Å²) in [6, 6.07) is 5.09. The van der Waals surface area contributed by atoms with Crippen LogP contribution in [0.1, 0.15) is 18.1 Å². The fraction of sp³-hybridized carbons (Fsp3) is 0.368. The second kappa shape index (κ2) is 10.1. The van der Waals surface area contributed by atoms with Crippen LogP contribution in [0.4, 0.5) is 29.4 Å². The maximum Gasteiger partial charge on any atom is 0.573 e. The largest absolute Gasteiger partial charge is 0.573 e. The zero-order valence-corrected chi connectivity index (χ0v) is 18.5. The molecule has 2 aromatic heterocycles. The van der Waals surface area contributed by atoms with Gasteiger partial charge in [0, 0.05) is 26.2 Å². The molecule has 1 aliphatic heterocycles. The summed E-state index contributed by atoms with van der Waals surface area (Å²) >= 11 is 1.12. The van der Waals surface area contributed by atoms with E-state index in [1.165, 1.54) is 25.4 Å². The molecule has 2 atom stereocenters. The summed E-state index contributed by atoms with van der Waals surface area (Å²) in [5.41, 5.74) is 0.188. The average molecular weight is 496 g/mol. The predicted octanol–water partition coefficient (Wildman–Crippen LogP) is 2.64. The summed E-state index contributed by atoms with van der Waals surface area (Å²) in [6.45, 7) is 1.40. The van der Waals surface area contributed by atoms with Gasteiger partial charge in [-0.3, -0.25) is 10.1 Å². The fourth-order valence-electron chi connectivity index (χ4n) is 3.39. The van der Waals surface area contributed by atoms with E-state index in [1.807, 2.05) is 4.90 Å². The quantitative estimate of drug-likeness (QED) is 0.480. The van der Waals surface area contributed by atoms with E-state index in [-0.39, 0.29) is 16.7 Å².